The summed E-state index contributed by atoms with van der Waals surface area (Å²) < 4.78 is 39.2. The summed E-state index contributed by atoms with van der Waals surface area (Å²) in [6, 6.07) is 27.4. The van der Waals surface area contributed by atoms with Gasteiger partial charge in [-0.15, -0.1) is 0 Å². The third-order valence-corrected chi connectivity index (χ3v) is 7.27. The molecule has 0 fully saturated rings. The number of fused-ring (bicyclic) bond motifs is 3. The van der Waals surface area contributed by atoms with Crippen molar-refractivity contribution >= 4 is 17.6 Å². The number of hydrogen-bond acceptors (Lipinski definition) is 3. The number of nitrogens with one attached hydrogen (secondary N) is 2. The molecular formula is C32H28F3N3O2. The third kappa shape index (κ3) is 5.61. The van der Waals surface area contributed by atoms with Crippen molar-refractivity contribution < 1.29 is 22.8 Å². The van der Waals surface area contributed by atoms with E-state index in [0.717, 1.165) is 27.8 Å². The van der Waals surface area contributed by atoms with Crippen LogP contribution in [-0.2, 0) is 16.6 Å². The zero-order chi connectivity index (χ0) is 28.2. The van der Waals surface area contributed by atoms with Crippen molar-refractivity contribution in [2.24, 2.45) is 0 Å². The lowest BCUT2D eigenvalue weighted by Crippen LogP contribution is -2.47. The molecule has 5 rings (SSSR count). The van der Waals surface area contributed by atoms with E-state index >= 15 is 0 Å². The van der Waals surface area contributed by atoms with E-state index in [1.807, 2.05) is 60.7 Å². The molecule has 40 heavy (non-hydrogen) atoms. The van der Waals surface area contributed by atoms with Crippen LogP contribution in [0.3, 0.4) is 0 Å². The fourth-order valence-corrected chi connectivity index (χ4v) is 5.43. The van der Waals surface area contributed by atoms with Gasteiger partial charge in [-0.2, -0.15) is 13.2 Å². The summed E-state index contributed by atoms with van der Waals surface area (Å²) >= 11 is 0. The molecule has 4 aromatic rings. The molecule has 0 saturated carbocycles. The fourth-order valence-electron chi connectivity index (χ4n) is 5.43. The molecule has 1 aromatic heterocycles. The number of nitrogens with zero attached hydrogens (tertiary/aromatic N) is 1. The number of pyridine rings is 1. The zero-order valence-corrected chi connectivity index (χ0v) is 21.7. The van der Waals surface area contributed by atoms with Gasteiger partial charge in [0.25, 0.3) is 5.91 Å². The van der Waals surface area contributed by atoms with Gasteiger partial charge < -0.3 is 10.6 Å². The topological polar surface area (TPSA) is 71.1 Å². The van der Waals surface area contributed by atoms with Gasteiger partial charge in [-0.05, 0) is 65.3 Å². The Balaban J connectivity index is 1.29. The minimum Gasteiger partial charge on any atom is -0.346 e. The predicted molar refractivity (Wildman–Crippen MR) is 148 cm³/mol. The molecule has 0 spiro atoms. The predicted octanol–water partition coefficient (Wildman–Crippen LogP) is 6.69. The SMILES string of the molecule is O=C(Nc1ccc(CCCCC2(C(=O)NCC(F)(F)F)c3ccccc3-c3ccccc32)cn1)c1ccccc1. The lowest BCUT2D eigenvalue weighted by molar-refractivity contribution is -0.141. The van der Waals surface area contributed by atoms with Crippen molar-refractivity contribution in [1.82, 2.24) is 10.3 Å². The average molecular weight is 544 g/mol. The number of rotatable bonds is 9. The Morgan fingerprint density at radius 3 is 2.00 bits per heavy atom. The highest BCUT2D eigenvalue weighted by Gasteiger charge is 2.49. The molecule has 2 amide bonds. The molecule has 3 aromatic carbocycles. The second kappa shape index (κ2) is 11.3. The highest BCUT2D eigenvalue weighted by Crippen LogP contribution is 2.51. The Hall–Kier alpha value is -4.46. The van der Waals surface area contributed by atoms with E-state index in [-0.39, 0.29) is 5.91 Å². The first-order valence-electron chi connectivity index (χ1n) is 13.1. The number of carbonyl (C=O) groups excluding carboxylic acids is 2. The Labute approximate surface area is 230 Å². The van der Waals surface area contributed by atoms with Crippen LogP contribution in [0.5, 0.6) is 0 Å². The summed E-state index contributed by atoms with van der Waals surface area (Å²) in [4.78, 5) is 30.3. The number of alkyl halides is 3. The van der Waals surface area contributed by atoms with E-state index < -0.39 is 24.0 Å². The summed E-state index contributed by atoms with van der Waals surface area (Å²) in [5.41, 5.74) is 3.50. The van der Waals surface area contributed by atoms with E-state index in [1.165, 1.54) is 0 Å². The largest absolute Gasteiger partial charge is 0.405 e. The van der Waals surface area contributed by atoms with Crippen molar-refractivity contribution in [1.29, 1.82) is 0 Å². The zero-order valence-electron chi connectivity index (χ0n) is 21.7. The number of aryl methyl sites for hydroxylation is 1. The first kappa shape index (κ1) is 27.1. The van der Waals surface area contributed by atoms with Gasteiger partial charge in [0.05, 0.1) is 0 Å². The maximum atomic E-state index is 13.6. The van der Waals surface area contributed by atoms with Gasteiger partial charge in [0.1, 0.15) is 17.8 Å². The van der Waals surface area contributed by atoms with Gasteiger partial charge >= 0.3 is 6.18 Å². The minimum atomic E-state index is -4.51. The fraction of sp³-hybridized carbons (Fsp3) is 0.219. The number of halogens is 3. The maximum absolute atomic E-state index is 13.6. The Morgan fingerprint density at radius 2 is 1.40 bits per heavy atom. The molecule has 1 aliphatic rings. The van der Waals surface area contributed by atoms with E-state index in [9.17, 15) is 22.8 Å². The first-order chi connectivity index (χ1) is 19.3. The second-order valence-electron chi connectivity index (χ2n) is 9.87. The average Bonchev–Trinajstić information content (AvgIpc) is 3.26. The van der Waals surface area contributed by atoms with Crippen molar-refractivity contribution in [2.75, 3.05) is 11.9 Å². The number of anilines is 1. The molecule has 0 bridgehead atoms. The van der Waals surface area contributed by atoms with Crippen LogP contribution in [0.1, 0.15) is 46.3 Å². The van der Waals surface area contributed by atoms with Crippen LogP contribution in [0.2, 0.25) is 0 Å². The lowest BCUT2D eigenvalue weighted by Gasteiger charge is -2.31. The molecule has 5 nitrogen and oxygen atoms in total. The molecule has 8 heteroatoms. The number of amides is 2. The number of benzene rings is 3. The molecule has 0 aliphatic heterocycles. The molecule has 1 aliphatic carbocycles. The third-order valence-electron chi connectivity index (χ3n) is 7.27. The molecule has 0 radical (unpaired) electrons. The van der Waals surface area contributed by atoms with Crippen LogP contribution < -0.4 is 10.6 Å². The van der Waals surface area contributed by atoms with Crippen LogP contribution in [0.25, 0.3) is 11.1 Å². The number of hydrogen-bond donors (Lipinski definition) is 2. The monoisotopic (exact) mass is 543 g/mol. The molecule has 0 atom stereocenters. The van der Waals surface area contributed by atoms with Gasteiger partial charge in [0, 0.05) is 11.8 Å². The normalized spacial score (nSPS) is 13.3. The highest BCUT2D eigenvalue weighted by atomic mass is 19.4. The molecule has 2 N–H and O–H groups in total. The first-order valence-corrected chi connectivity index (χ1v) is 13.1. The van der Waals surface area contributed by atoms with Crippen LogP contribution in [-0.4, -0.2) is 29.5 Å². The van der Waals surface area contributed by atoms with Gasteiger partial charge in [0.2, 0.25) is 5.91 Å². The highest BCUT2D eigenvalue weighted by molar-refractivity contribution is 6.03. The Bertz CT molecular complexity index is 1460. The summed E-state index contributed by atoms with van der Waals surface area (Å²) in [6.07, 6.45) is -0.460. The van der Waals surface area contributed by atoms with Crippen molar-refractivity contribution in [2.45, 2.75) is 37.3 Å². The summed E-state index contributed by atoms with van der Waals surface area (Å²) in [7, 11) is 0. The van der Waals surface area contributed by atoms with E-state index in [0.29, 0.717) is 37.1 Å². The number of carbonyl (C=O) groups is 2. The van der Waals surface area contributed by atoms with Gasteiger partial charge in [0.15, 0.2) is 0 Å². The molecule has 0 saturated heterocycles. The summed E-state index contributed by atoms with van der Waals surface area (Å²) in [6.45, 7) is -1.38. The van der Waals surface area contributed by atoms with Crippen LogP contribution in [0.15, 0.2) is 97.2 Å². The van der Waals surface area contributed by atoms with E-state index in [4.69, 9.17) is 0 Å². The number of aromatic nitrogens is 1. The van der Waals surface area contributed by atoms with E-state index in [2.05, 4.69) is 15.6 Å². The Kier molecular flexibility index (Phi) is 7.69. The summed E-state index contributed by atoms with van der Waals surface area (Å²) in [5, 5.41) is 4.94. The minimum absolute atomic E-state index is 0.243. The maximum Gasteiger partial charge on any atom is 0.405 e. The Morgan fingerprint density at radius 1 is 0.775 bits per heavy atom. The summed E-state index contributed by atoms with van der Waals surface area (Å²) in [5.74, 6) is -0.438. The van der Waals surface area contributed by atoms with Crippen molar-refractivity contribution in [3.05, 3.63) is 119 Å². The standard InChI is InChI=1S/C32H28F3N3O2/c33-32(34,35)21-37-30(40)31(26-15-6-4-13-24(26)25-14-5-7-16-27(25)31)19-9-8-10-22-17-18-28(36-20-22)38-29(39)23-11-2-1-3-12-23/h1-7,11-18,20H,8-10,19,21H2,(H,37,40)(H,36,38,39). The van der Waals surface area contributed by atoms with E-state index in [1.54, 1.807) is 36.5 Å². The molecule has 0 unspecified atom stereocenters. The molecule has 1 heterocycles. The van der Waals surface area contributed by atoms with Crippen LogP contribution >= 0.6 is 0 Å². The molecule has 204 valence electrons. The van der Waals surface area contributed by atoms with Crippen molar-refractivity contribution in [3.63, 3.8) is 0 Å². The van der Waals surface area contributed by atoms with Gasteiger partial charge in [-0.25, -0.2) is 4.98 Å². The lowest BCUT2D eigenvalue weighted by atomic mass is 9.73. The van der Waals surface area contributed by atoms with Crippen LogP contribution in [0.4, 0.5) is 19.0 Å². The van der Waals surface area contributed by atoms with Crippen molar-refractivity contribution in [3.8, 4) is 11.1 Å². The second-order valence-corrected chi connectivity index (χ2v) is 9.87. The van der Waals surface area contributed by atoms with Crippen LogP contribution in [0, 0.1) is 0 Å². The quantitative estimate of drug-likeness (QED) is 0.231. The van der Waals surface area contributed by atoms with Gasteiger partial charge in [-0.1, -0.05) is 79.2 Å². The number of unbranched alkanes of at least 4 members (excludes halogenated alkanes) is 1. The smallest absolute Gasteiger partial charge is 0.346 e. The van der Waals surface area contributed by atoms with Gasteiger partial charge in [-0.3, -0.25) is 9.59 Å². The molecular weight excluding hydrogens is 515 g/mol.